The number of carbonyl (C=O) groups excluding carboxylic acids is 1. The van der Waals surface area contributed by atoms with Crippen molar-refractivity contribution < 1.29 is 4.79 Å². The van der Waals surface area contributed by atoms with Crippen LogP contribution in [0.1, 0.15) is 5.56 Å². The molecule has 2 amide bonds. The average molecular weight is 271 g/mol. The first-order chi connectivity index (χ1) is 7.11. The summed E-state index contributed by atoms with van der Waals surface area (Å²) in [4.78, 5) is 12.7. The van der Waals surface area contributed by atoms with Crippen LogP contribution in [-0.2, 0) is 6.42 Å². The second-order valence-corrected chi connectivity index (χ2v) is 4.32. The summed E-state index contributed by atoms with van der Waals surface area (Å²) in [5.74, 6) is 0. The van der Waals surface area contributed by atoms with Gasteiger partial charge in [0.05, 0.1) is 0 Å². The molecule has 0 saturated carbocycles. The Labute approximate surface area is 98.6 Å². The van der Waals surface area contributed by atoms with Crippen LogP contribution in [0.4, 0.5) is 4.79 Å². The zero-order chi connectivity index (χ0) is 11.3. The van der Waals surface area contributed by atoms with E-state index < -0.39 is 0 Å². The smallest absolute Gasteiger partial charge is 0.316 e. The minimum Gasteiger partial charge on any atom is -0.338 e. The summed E-state index contributed by atoms with van der Waals surface area (Å²) < 4.78 is 1.09. The predicted octanol–water partition coefficient (Wildman–Crippen LogP) is 2.26. The van der Waals surface area contributed by atoms with Crippen molar-refractivity contribution in [1.82, 2.24) is 10.2 Å². The number of benzene rings is 1. The van der Waals surface area contributed by atoms with Gasteiger partial charge in [-0.25, -0.2) is 4.79 Å². The van der Waals surface area contributed by atoms with Gasteiger partial charge in [-0.15, -0.1) is 0 Å². The molecule has 0 spiro atoms. The van der Waals surface area contributed by atoms with Crippen molar-refractivity contribution in [3.8, 4) is 0 Å². The van der Waals surface area contributed by atoms with Crippen molar-refractivity contribution in [3.05, 3.63) is 34.3 Å². The second-order valence-electron chi connectivity index (χ2n) is 3.47. The maximum Gasteiger partial charge on any atom is 0.316 e. The Balaban J connectivity index is 2.38. The van der Waals surface area contributed by atoms with Crippen LogP contribution in [0.5, 0.6) is 0 Å². The lowest BCUT2D eigenvalue weighted by Crippen LogP contribution is -2.35. The van der Waals surface area contributed by atoms with E-state index in [4.69, 9.17) is 0 Å². The third kappa shape index (κ3) is 3.91. The number of carbonyl (C=O) groups is 1. The van der Waals surface area contributed by atoms with Gasteiger partial charge in [0.1, 0.15) is 0 Å². The molecule has 1 rings (SSSR count). The molecular weight excluding hydrogens is 256 g/mol. The molecule has 0 saturated heterocycles. The topological polar surface area (TPSA) is 32.3 Å². The minimum absolute atomic E-state index is 0.0537. The number of nitrogens with zero attached hydrogens (tertiary/aromatic N) is 1. The van der Waals surface area contributed by atoms with Gasteiger partial charge in [-0.05, 0) is 18.1 Å². The molecule has 4 heteroatoms. The summed E-state index contributed by atoms with van der Waals surface area (Å²) in [5, 5.41) is 2.82. The highest BCUT2D eigenvalue weighted by Gasteiger charge is 2.02. The highest BCUT2D eigenvalue weighted by Crippen LogP contribution is 2.15. The van der Waals surface area contributed by atoms with E-state index in [0.29, 0.717) is 6.54 Å². The number of hydrogen-bond donors (Lipinski definition) is 1. The van der Waals surface area contributed by atoms with Crippen molar-refractivity contribution in [3.63, 3.8) is 0 Å². The van der Waals surface area contributed by atoms with Crippen molar-refractivity contribution in [2.75, 3.05) is 20.6 Å². The van der Waals surface area contributed by atoms with Crippen LogP contribution in [0.2, 0.25) is 0 Å². The van der Waals surface area contributed by atoms with Crippen LogP contribution in [0.25, 0.3) is 0 Å². The van der Waals surface area contributed by atoms with Gasteiger partial charge >= 0.3 is 6.03 Å². The van der Waals surface area contributed by atoms with Crippen LogP contribution in [0.3, 0.4) is 0 Å². The fraction of sp³-hybridized carbons (Fsp3) is 0.364. The summed E-state index contributed by atoms with van der Waals surface area (Å²) in [5.41, 5.74) is 1.21. The molecule has 0 aliphatic rings. The summed E-state index contributed by atoms with van der Waals surface area (Å²) in [6.45, 7) is 0.652. The Morgan fingerprint density at radius 2 is 2.07 bits per heavy atom. The van der Waals surface area contributed by atoms with E-state index in [1.165, 1.54) is 10.5 Å². The first-order valence-corrected chi connectivity index (χ1v) is 5.59. The van der Waals surface area contributed by atoms with E-state index in [1.54, 1.807) is 14.1 Å². The zero-order valence-corrected chi connectivity index (χ0v) is 10.5. The molecule has 0 fully saturated rings. The Hall–Kier alpha value is -1.03. The van der Waals surface area contributed by atoms with Gasteiger partial charge in [0, 0.05) is 25.1 Å². The van der Waals surface area contributed by atoms with Gasteiger partial charge < -0.3 is 10.2 Å². The quantitative estimate of drug-likeness (QED) is 0.898. The lowest BCUT2D eigenvalue weighted by molar-refractivity contribution is 0.217. The average Bonchev–Trinajstić information content (AvgIpc) is 2.20. The number of nitrogens with one attached hydrogen (secondary N) is 1. The molecule has 0 aromatic heterocycles. The number of rotatable bonds is 3. The molecule has 1 aromatic rings. The molecule has 0 heterocycles. The van der Waals surface area contributed by atoms with Crippen LogP contribution in [0, 0.1) is 0 Å². The molecule has 0 aliphatic heterocycles. The third-order valence-electron chi connectivity index (χ3n) is 2.03. The number of amides is 2. The van der Waals surface area contributed by atoms with E-state index >= 15 is 0 Å². The predicted molar refractivity (Wildman–Crippen MR) is 64.9 cm³/mol. The Kier molecular flexibility index (Phi) is 4.62. The molecule has 15 heavy (non-hydrogen) atoms. The molecule has 1 N–H and O–H groups in total. The van der Waals surface area contributed by atoms with Crippen LogP contribution < -0.4 is 5.32 Å². The molecule has 0 atom stereocenters. The molecular formula is C11H15BrN2O. The van der Waals surface area contributed by atoms with Crippen LogP contribution >= 0.6 is 15.9 Å². The molecule has 0 bridgehead atoms. The van der Waals surface area contributed by atoms with E-state index in [0.717, 1.165) is 10.9 Å². The van der Waals surface area contributed by atoms with E-state index in [-0.39, 0.29) is 6.03 Å². The summed E-state index contributed by atoms with van der Waals surface area (Å²) in [6.07, 6.45) is 0.834. The fourth-order valence-corrected chi connectivity index (χ4v) is 1.65. The van der Waals surface area contributed by atoms with Crippen molar-refractivity contribution in [2.45, 2.75) is 6.42 Å². The Bertz CT molecular complexity index is 339. The minimum atomic E-state index is -0.0537. The standard InChI is InChI=1S/C11H15BrN2O/c1-14(2)11(15)13-8-7-9-5-3-4-6-10(9)12/h3-6H,7-8H2,1-2H3,(H,13,15). The zero-order valence-electron chi connectivity index (χ0n) is 8.96. The molecule has 0 radical (unpaired) electrons. The van der Waals surface area contributed by atoms with Gasteiger partial charge in [-0.1, -0.05) is 34.1 Å². The van der Waals surface area contributed by atoms with Gasteiger partial charge in [0.2, 0.25) is 0 Å². The highest BCUT2D eigenvalue weighted by atomic mass is 79.9. The van der Waals surface area contributed by atoms with Crippen molar-refractivity contribution >= 4 is 22.0 Å². The highest BCUT2D eigenvalue weighted by molar-refractivity contribution is 9.10. The molecule has 82 valence electrons. The second kappa shape index (κ2) is 5.75. The fourth-order valence-electron chi connectivity index (χ4n) is 1.16. The Morgan fingerprint density at radius 3 is 2.67 bits per heavy atom. The Morgan fingerprint density at radius 1 is 1.40 bits per heavy atom. The van der Waals surface area contributed by atoms with Crippen LogP contribution in [0.15, 0.2) is 28.7 Å². The number of halogens is 1. The summed E-state index contributed by atoms with van der Waals surface area (Å²) >= 11 is 3.47. The molecule has 3 nitrogen and oxygen atoms in total. The SMILES string of the molecule is CN(C)C(=O)NCCc1ccccc1Br. The van der Waals surface area contributed by atoms with Crippen molar-refractivity contribution in [1.29, 1.82) is 0 Å². The van der Waals surface area contributed by atoms with Gasteiger partial charge in [-0.2, -0.15) is 0 Å². The van der Waals surface area contributed by atoms with Gasteiger partial charge in [0.25, 0.3) is 0 Å². The lowest BCUT2D eigenvalue weighted by Gasteiger charge is -2.12. The van der Waals surface area contributed by atoms with Crippen molar-refractivity contribution in [2.24, 2.45) is 0 Å². The van der Waals surface area contributed by atoms with E-state index in [1.807, 2.05) is 24.3 Å². The normalized spacial score (nSPS) is 9.80. The number of urea groups is 1. The summed E-state index contributed by atoms with van der Waals surface area (Å²) in [6, 6.07) is 7.97. The van der Waals surface area contributed by atoms with Crippen LogP contribution in [-0.4, -0.2) is 31.6 Å². The van der Waals surface area contributed by atoms with Gasteiger partial charge in [0.15, 0.2) is 0 Å². The maximum atomic E-state index is 11.2. The first-order valence-electron chi connectivity index (χ1n) is 4.80. The molecule has 0 aliphatic carbocycles. The first kappa shape index (κ1) is 12.0. The lowest BCUT2D eigenvalue weighted by atomic mass is 10.1. The summed E-state index contributed by atoms with van der Waals surface area (Å²) in [7, 11) is 3.46. The number of hydrogen-bond acceptors (Lipinski definition) is 1. The maximum absolute atomic E-state index is 11.2. The largest absolute Gasteiger partial charge is 0.338 e. The van der Waals surface area contributed by atoms with E-state index in [9.17, 15) is 4.79 Å². The van der Waals surface area contributed by atoms with E-state index in [2.05, 4.69) is 21.2 Å². The third-order valence-corrected chi connectivity index (χ3v) is 2.81. The monoisotopic (exact) mass is 270 g/mol. The van der Waals surface area contributed by atoms with Gasteiger partial charge in [-0.3, -0.25) is 0 Å². The molecule has 0 unspecified atom stereocenters. The molecule has 1 aromatic carbocycles.